The number of nitrogens with zero attached hydrogens (tertiary/aromatic N) is 3. The number of aromatic amines is 1. The third-order valence-corrected chi connectivity index (χ3v) is 6.38. The average Bonchev–Trinajstić information content (AvgIpc) is 3.34. The normalized spacial score (nSPS) is 19.9. The van der Waals surface area contributed by atoms with Crippen LogP contribution in [0.2, 0.25) is 0 Å². The molecule has 1 unspecified atom stereocenters. The summed E-state index contributed by atoms with van der Waals surface area (Å²) >= 11 is 0. The van der Waals surface area contributed by atoms with Gasteiger partial charge in [0.25, 0.3) is 0 Å². The van der Waals surface area contributed by atoms with E-state index in [0.717, 1.165) is 30.1 Å². The lowest BCUT2D eigenvalue weighted by Gasteiger charge is -2.31. The Labute approximate surface area is 165 Å². The second-order valence-corrected chi connectivity index (χ2v) is 8.34. The van der Waals surface area contributed by atoms with Crippen LogP contribution >= 0.6 is 0 Å². The molecule has 146 valence electrons. The molecule has 1 aliphatic carbocycles. The molecule has 2 aromatic heterocycles. The SMILES string of the molecule is CN(Cc1ccc2c(c1)CC(c1cc(N)nc3nc[nH]c13)N2)C1CCCCC1. The summed E-state index contributed by atoms with van der Waals surface area (Å²) in [6, 6.07) is 9.75. The number of imidazole rings is 1. The van der Waals surface area contributed by atoms with E-state index >= 15 is 0 Å². The molecule has 1 aromatic carbocycles. The van der Waals surface area contributed by atoms with Crippen molar-refractivity contribution < 1.29 is 0 Å². The molecule has 1 aliphatic heterocycles. The minimum Gasteiger partial charge on any atom is -0.384 e. The van der Waals surface area contributed by atoms with Crippen LogP contribution in [-0.4, -0.2) is 32.9 Å². The van der Waals surface area contributed by atoms with Crippen LogP contribution in [0.4, 0.5) is 11.5 Å². The van der Waals surface area contributed by atoms with Gasteiger partial charge >= 0.3 is 0 Å². The Morgan fingerprint density at radius 3 is 2.89 bits per heavy atom. The lowest BCUT2D eigenvalue weighted by Crippen LogP contribution is -2.32. The van der Waals surface area contributed by atoms with Crippen LogP contribution in [0, 0.1) is 0 Å². The van der Waals surface area contributed by atoms with Gasteiger partial charge in [0.15, 0.2) is 5.65 Å². The Bertz CT molecular complexity index is 988. The van der Waals surface area contributed by atoms with Crippen molar-refractivity contribution in [2.45, 2.75) is 57.2 Å². The molecule has 0 bridgehead atoms. The van der Waals surface area contributed by atoms with Gasteiger partial charge < -0.3 is 16.0 Å². The first kappa shape index (κ1) is 17.5. The summed E-state index contributed by atoms with van der Waals surface area (Å²) in [5.74, 6) is 0.516. The second-order valence-electron chi connectivity index (χ2n) is 8.34. The van der Waals surface area contributed by atoms with Crippen molar-refractivity contribution in [1.29, 1.82) is 0 Å². The number of rotatable bonds is 4. The van der Waals surface area contributed by atoms with Crippen molar-refractivity contribution >= 4 is 22.7 Å². The topological polar surface area (TPSA) is 82.9 Å². The molecule has 5 rings (SSSR count). The van der Waals surface area contributed by atoms with Crippen LogP contribution in [0.3, 0.4) is 0 Å². The largest absolute Gasteiger partial charge is 0.384 e. The Morgan fingerprint density at radius 2 is 2.04 bits per heavy atom. The van der Waals surface area contributed by atoms with Gasteiger partial charge in [0.2, 0.25) is 0 Å². The molecule has 3 aromatic rings. The summed E-state index contributed by atoms with van der Waals surface area (Å²) in [5.41, 5.74) is 12.8. The Balaban J connectivity index is 1.35. The predicted molar refractivity (Wildman–Crippen MR) is 113 cm³/mol. The van der Waals surface area contributed by atoms with Gasteiger partial charge in [-0.25, -0.2) is 9.97 Å². The van der Waals surface area contributed by atoms with E-state index in [9.17, 15) is 0 Å². The van der Waals surface area contributed by atoms with Crippen molar-refractivity contribution in [1.82, 2.24) is 19.9 Å². The highest BCUT2D eigenvalue weighted by molar-refractivity contribution is 5.78. The molecular formula is C22H28N6. The summed E-state index contributed by atoms with van der Waals surface area (Å²) in [4.78, 5) is 14.3. The van der Waals surface area contributed by atoms with Crippen LogP contribution in [0.1, 0.15) is 54.8 Å². The van der Waals surface area contributed by atoms with Crippen LogP contribution in [0.25, 0.3) is 11.2 Å². The molecule has 0 saturated heterocycles. The number of nitrogens with one attached hydrogen (secondary N) is 2. The number of pyridine rings is 1. The molecule has 6 heteroatoms. The quantitative estimate of drug-likeness (QED) is 0.641. The standard InChI is InChI=1S/C22H28N6/c1-28(16-5-3-2-4-6-16)12-14-7-8-18-15(9-14)10-19(26-18)17-11-20(23)27-22-21(17)24-13-25-22/h7-9,11,13,16,19,26H,2-6,10,12H2,1H3,(H3,23,24,25,27). The van der Waals surface area contributed by atoms with Crippen LogP contribution in [0.5, 0.6) is 0 Å². The number of benzene rings is 1. The summed E-state index contributed by atoms with van der Waals surface area (Å²) in [5, 5.41) is 3.66. The molecule has 3 heterocycles. The number of fused-ring (bicyclic) bond motifs is 2. The molecule has 1 atom stereocenters. The van der Waals surface area contributed by atoms with Crippen molar-refractivity contribution in [3.63, 3.8) is 0 Å². The van der Waals surface area contributed by atoms with E-state index in [1.54, 1.807) is 6.33 Å². The predicted octanol–water partition coefficient (Wildman–Crippen LogP) is 4.01. The monoisotopic (exact) mass is 376 g/mol. The Kier molecular flexibility index (Phi) is 4.43. The fourth-order valence-corrected chi connectivity index (χ4v) is 4.89. The van der Waals surface area contributed by atoms with Crippen molar-refractivity contribution in [2.24, 2.45) is 0 Å². The lowest BCUT2D eigenvalue weighted by atomic mass is 9.94. The Hall–Kier alpha value is -2.60. The maximum atomic E-state index is 6.01. The molecule has 2 aliphatic rings. The molecule has 0 spiro atoms. The minimum absolute atomic E-state index is 0.189. The van der Waals surface area contributed by atoms with Crippen molar-refractivity contribution in [3.05, 3.63) is 47.3 Å². The Morgan fingerprint density at radius 1 is 1.18 bits per heavy atom. The van der Waals surface area contributed by atoms with Crippen LogP contribution < -0.4 is 11.1 Å². The van der Waals surface area contributed by atoms with Gasteiger partial charge in [0, 0.05) is 23.8 Å². The van der Waals surface area contributed by atoms with Crippen LogP contribution in [0.15, 0.2) is 30.6 Å². The van der Waals surface area contributed by atoms with Gasteiger partial charge in [-0.2, -0.15) is 0 Å². The fraction of sp³-hybridized carbons (Fsp3) is 0.455. The maximum absolute atomic E-state index is 6.01. The van der Waals surface area contributed by atoms with Gasteiger partial charge in [0.1, 0.15) is 5.82 Å². The highest BCUT2D eigenvalue weighted by Gasteiger charge is 2.26. The van der Waals surface area contributed by atoms with E-state index < -0.39 is 0 Å². The van der Waals surface area contributed by atoms with E-state index in [1.165, 1.54) is 48.9 Å². The number of nitrogens with two attached hydrogens (primary N) is 1. The molecular weight excluding hydrogens is 348 g/mol. The second kappa shape index (κ2) is 7.09. The molecule has 6 nitrogen and oxygen atoms in total. The molecule has 0 amide bonds. The zero-order valence-corrected chi connectivity index (χ0v) is 16.4. The fourth-order valence-electron chi connectivity index (χ4n) is 4.89. The number of hydrogen-bond acceptors (Lipinski definition) is 5. The molecule has 4 N–H and O–H groups in total. The number of aromatic nitrogens is 3. The molecule has 1 fully saturated rings. The number of nitrogen functional groups attached to an aromatic ring is 1. The number of anilines is 2. The van der Waals surface area contributed by atoms with Crippen LogP contribution in [-0.2, 0) is 13.0 Å². The zero-order chi connectivity index (χ0) is 19.1. The molecule has 28 heavy (non-hydrogen) atoms. The maximum Gasteiger partial charge on any atom is 0.179 e. The van der Waals surface area contributed by atoms with Gasteiger partial charge in [0.05, 0.1) is 17.9 Å². The number of hydrogen-bond donors (Lipinski definition) is 3. The summed E-state index contributed by atoms with van der Waals surface area (Å²) in [6.45, 7) is 1.02. The first-order valence-corrected chi connectivity index (χ1v) is 10.4. The molecule has 1 saturated carbocycles. The van der Waals surface area contributed by atoms with Gasteiger partial charge in [-0.05, 0) is 49.6 Å². The van der Waals surface area contributed by atoms with Gasteiger partial charge in [-0.15, -0.1) is 0 Å². The third kappa shape index (κ3) is 3.22. The van der Waals surface area contributed by atoms with Gasteiger partial charge in [-0.1, -0.05) is 31.4 Å². The average molecular weight is 377 g/mol. The van der Waals surface area contributed by atoms with Crippen molar-refractivity contribution in [3.8, 4) is 0 Å². The highest BCUT2D eigenvalue weighted by atomic mass is 15.1. The van der Waals surface area contributed by atoms with Gasteiger partial charge in [-0.3, -0.25) is 4.90 Å². The number of H-pyrrole nitrogens is 1. The zero-order valence-electron chi connectivity index (χ0n) is 16.4. The van der Waals surface area contributed by atoms with E-state index in [4.69, 9.17) is 5.73 Å². The van der Waals surface area contributed by atoms with E-state index in [-0.39, 0.29) is 6.04 Å². The van der Waals surface area contributed by atoms with E-state index in [1.807, 2.05) is 6.07 Å². The summed E-state index contributed by atoms with van der Waals surface area (Å²) in [6.07, 6.45) is 9.47. The lowest BCUT2D eigenvalue weighted by molar-refractivity contribution is 0.184. The first-order chi connectivity index (χ1) is 13.7. The smallest absolute Gasteiger partial charge is 0.179 e. The van der Waals surface area contributed by atoms with E-state index in [0.29, 0.717) is 11.5 Å². The third-order valence-electron chi connectivity index (χ3n) is 6.38. The summed E-state index contributed by atoms with van der Waals surface area (Å²) < 4.78 is 0. The van der Waals surface area contributed by atoms with Crippen molar-refractivity contribution in [2.75, 3.05) is 18.1 Å². The summed E-state index contributed by atoms with van der Waals surface area (Å²) in [7, 11) is 2.28. The minimum atomic E-state index is 0.189. The van der Waals surface area contributed by atoms with E-state index in [2.05, 4.69) is 50.4 Å². The highest BCUT2D eigenvalue weighted by Crippen LogP contribution is 2.37. The molecule has 0 radical (unpaired) electrons. The first-order valence-electron chi connectivity index (χ1n) is 10.4.